The number of hydrogen-bond acceptors (Lipinski definition) is 5. The lowest BCUT2D eigenvalue weighted by molar-refractivity contribution is 0.0513. The van der Waals surface area contributed by atoms with Crippen molar-refractivity contribution in [3.05, 3.63) is 17.5 Å². The Morgan fingerprint density at radius 3 is 2.63 bits per heavy atom. The zero-order valence-electron chi connectivity index (χ0n) is 11.8. The van der Waals surface area contributed by atoms with Gasteiger partial charge >= 0.3 is 5.97 Å². The van der Waals surface area contributed by atoms with Gasteiger partial charge in [0.25, 0.3) is 0 Å². The van der Waals surface area contributed by atoms with E-state index in [0.717, 1.165) is 0 Å². The summed E-state index contributed by atoms with van der Waals surface area (Å²) in [6.45, 7) is 7.76. The van der Waals surface area contributed by atoms with E-state index in [2.05, 4.69) is 15.3 Å². The Kier molecular flexibility index (Phi) is 4.83. The summed E-state index contributed by atoms with van der Waals surface area (Å²) in [5.41, 5.74) is -0.371. The van der Waals surface area contributed by atoms with Crippen molar-refractivity contribution in [1.29, 1.82) is 0 Å². The number of rotatable bonds is 6. The van der Waals surface area contributed by atoms with Gasteiger partial charge in [-0.2, -0.15) is 0 Å². The molecule has 0 aliphatic rings. The van der Waals surface area contributed by atoms with Crippen LogP contribution in [0.1, 0.15) is 43.2 Å². The lowest BCUT2D eigenvalue weighted by Gasteiger charge is -2.25. The molecule has 0 aromatic carbocycles. The summed E-state index contributed by atoms with van der Waals surface area (Å²) < 4.78 is 0. The van der Waals surface area contributed by atoms with Gasteiger partial charge in [-0.3, -0.25) is 0 Å². The van der Waals surface area contributed by atoms with Gasteiger partial charge in [-0.15, -0.1) is 0 Å². The molecule has 3 N–H and O–H groups in total. The van der Waals surface area contributed by atoms with E-state index in [9.17, 15) is 9.90 Å². The molecule has 0 amide bonds. The molecule has 0 saturated heterocycles. The maximum atomic E-state index is 10.8. The molecule has 106 valence electrons. The molecule has 1 unspecified atom stereocenters. The van der Waals surface area contributed by atoms with Crippen LogP contribution in [0.3, 0.4) is 0 Å². The van der Waals surface area contributed by atoms with E-state index in [0.29, 0.717) is 30.5 Å². The van der Waals surface area contributed by atoms with Crippen LogP contribution < -0.4 is 5.32 Å². The highest BCUT2D eigenvalue weighted by Gasteiger charge is 2.22. The number of aryl methyl sites for hydroxylation is 1. The molecular formula is C13H21N3O3. The smallest absolute Gasteiger partial charge is 0.339 e. The zero-order chi connectivity index (χ0) is 14.6. The summed E-state index contributed by atoms with van der Waals surface area (Å²) in [4.78, 5) is 18.8. The number of carbonyl (C=O) groups is 1. The Bertz CT molecular complexity index is 458. The summed E-state index contributed by atoms with van der Waals surface area (Å²) in [5.74, 6) is -0.337. The second-order valence-corrected chi connectivity index (χ2v) is 5.45. The van der Waals surface area contributed by atoms with Crippen LogP contribution in [0.15, 0.2) is 6.20 Å². The van der Waals surface area contributed by atoms with Crippen LogP contribution in [-0.2, 0) is 0 Å². The van der Waals surface area contributed by atoms with Gasteiger partial charge in [0, 0.05) is 12.7 Å². The van der Waals surface area contributed by atoms with Crippen LogP contribution in [0.4, 0.5) is 5.95 Å². The van der Waals surface area contributed by atoms with Crippen LogP contribution in [0, 0.1) is 12.8 Å². The number of aromatic carboxylic acids is 1. The van der Waals surface area contributed by atoms with Gasteiger partial charge < -0.3 is 15.5 Å². The number of nitrogens with zero attached hydrogens (tertiary/aromatic N) is 2. The van der Waals surface area contributed by atoms with Crippen molar-refractivity contribution in [1.82, 2.24) is 9.97 Å². The van der Waals surface area contributed by atoms with Crippen molar-refractivity contribution < 1.29 is 15.0 Å². The van der Waals surface area contributed by atoms with Crippen molar-refractivity contribution in [2.24, 2.45) is 5.92 Å². The van der Waals surface area contributed by atoms with Crippen molar-refractivity contribution in [3.8, 4) is 0 Å². The SMILES string of the molecule is Cc1nc(NCC(C)(O)CC(C)C)ncc1C(=O)O. The number of aromatic nitrogens is 2. The van der Waals surface area contributed by atoms with E-state index in [1.165, 1.54) is 6.20 Å². The first-order chi connectivity index (χ1) is 8.71. The molecule has 0 radical (unpaired) electrons. The number of carboxylic acids is 1. The van der Waals surface area contributed by atoms with Gasteiger partial charge in [-0.1, -0.05) is 13.8 Å². The number of carboxylic acid groups (broad SMARTS) is 1. The standard InChI is InChI=1S/C13H21N3O3/c1-8(2)5-13(4,19)7-15-12-14-6-10(11(17)18)9(3)16-12/h6,8,19H,5,7H2,1-4H3,(H,17,18)(H,14,15,16). The van der Waals surface area contributed by atoms with Crippen molar-refractivity contribution in [2.75, 3.05) is 11.9 Å². The van der Waals surface area contributed by atoms with E-state index in [1.54, 1.807) is 13.8 Å². The Morgan fingerprint density at radius 2 is 2.16 bits per heavy atom. The minimum absolute atomic E-state index is 0.0829. The van der Waals surface area contributed by atoms with Crippen LogP contribution in [0.2, 0.25) is 0 Å². The predicted octanol–water partition coefficient (Wildman–Crippen LogP) is 1.69. The van der Waals surface area contributed by atoms with Gasteiger partial charge in [-0.25, -0.2) is 14.8 Å². The quantitative estimate of drug-likeness (QED) is 0.726. The Hall–Kier alpha value is -1.69. The normalized spacial score (nSPS) is 14.2. The summed E-state index contributed by atoms with van der Waals surface area (Å²) in [7, 11) is 0. The lowest BCUT2D eigenvalue weighted by atomic mass is 9.94. The largest absolute Gasteiger partial charge is 0.478 e. The number of hydrogen-bond donors (Lipinski definition) is 3. The molecule has 0 spiro atoms. The molecule has 1 heterocycles. The van der Waals surface area contributed by atoms with E-state index in [-0.39, 0.29) is 5.56 Å². The van der Waals surface area contributed by atoms with Gasteiger partial charge in [0.05, 0.1) is 16.9 Å². The molecule has 1 atom stereocenters. The topological polar surface area (TPSA) is 95.3 Å². The Balaban J connectivity index is 2.69. The number of anilines is 1. The average Bonchev–Trinajstić information content (AvgIpc) is 2.24. The highest BCUT2D eigenvalue weighted by atomic mass is 16.4. The molecule has 0 fully saturated rings. The van der Waals surface area contributed by atoms with Crippen LogP contribution in [0.25, 0.3) is 0 Å². The molecule has 1 aromatic heterocycles. The molecule has 1 aromatic rings. The number of aliphatic hydroxyl groups is 1. The first kappa shape index (κ1) is 15.4. The van der Waals surface area contributed by atoms with Gasteiger partial charge in [0.2, 0.25) is 5.95 Å². The van der Waals surface area contributed by atoms with Crippen molar-refractivity contribution >= 4 is 11.9 Å². The van der Waals surface area contributed by atoms with E-state index in [1.807, 2.05) is 13.8 Å². The molecule has 6 heteroatoms. The highest BCUT2D eigenvalue weighted by Crippen LogP contribution is 2.16. The molecule has 6 nitrogen and oxygen atoms in total. The summed E-state index contributed by atoms with van der Waals surface area (Å²) in [5, 5.41) is 22.0. The fraction of sp³-hybridized carbons (Fsp3) is 0.615. The molecule has 0 aliphatic heterocycles. The van der Waals surface area contributed by atoms with Crippen LogP contribution in [-0.4, -0.2) is 38.3 Å². The first-order valence-corrected chi connectivity index (χ1v) is 6.24. The van der Waals surface area contributed by atoms with Crippen molar-refractivity contribution in [2.45, 2.75) is 39.7 Å². The summed E-state index contributed by atoms with van der Waals surface area (Å²) >= 11 is 0. The minimum atomic E-state index is -1.05. The monoisotopic (exact) mass is 267 g/mol. The third kappa shape index (κ3) is 4.82. The molecular weight excluding hydrogens is 246 g/mol. The maximum Gasteiger partial charge on any atom is 0.339 e. The minimum Gasteiger partial charge on any atom is -0.478 e. The molecule has 1 rings (SSSR count). The van der Waals surface area contributed by atoms with E-state index < -0.39 is 11.6 Å². The fourth-order valence-corrected chi connectivity index (χ4v) is 1.98. The summed E-state index contributed by atoms with van der Waals surface area (Å²) in [6.07, 6.45) is 1.93. The lowest BCUT2D eigenvalue weighted by Crippen LogP contribution is -2.35. The summed E-state index contributed by atoms with van der Waals surface area (Å²) in [6, 6.07) is 0. The molecule has 0 saturated carbocycles. The predicted molar refractivity (Wildman–Crippen MR) is 72.3 cm³/mol. The van der Waals surface area contributed by atoms with Crippen molar-refractivity contribution in [3.63, 3.8) is 0 Å². The van der Waals surface area contributed by atoms with Gasteiger partial charge in [0.1, 0.15) is 0 Å². The van der Waals surface area contributed by atoms with E-state index in [4.69, 9.17) is 5.11 Å². The van der Waals surface area contributed by atoms with Gasteiger partial charge in [0.15, 0.2) is 0 Å². The third-order valence-electron chi connectivity index (χ3n) is 2.69. The second-order valence-electron chi connectivity index (χ2n) is 5.45. The Morgan fingerprint density at radius 1 is 1.53 bits per heavy atom. The van der Waals surface area contributed by atoms with E-state index >= 15 is 0 Å². The highest BCUT2D eigenvalue weighted by molar-refractivity contribution is 5.88. The Labute approximate surface area is 112 Å². The van der Waals surface area contributed by atoms with Crippen LogP contribution in [0.5, 0.6) is 0 Å². The van der Waals surface area contributed by atoms with Crippen LogP contribution >= 0.6 is 0 Å². The zero-order valence-corrected chi connectivity index (χ0v) is 11.8. The maximum absolute atomic E-state index is 10.8. The second kappa shape index (κ2) is 5.97. The third-order valence-corrected chi connectivity index (χ3v) is 2.69. The fourth-order valence-electron chi connectivity index (χ4n) is 1.98. The first-order valence-electron chi connectivity index (χ1n) is 6.24. The molecule has 0 bridgehead atoms. The number of nitrogens with one attached hydrogen (secondary N) is 1. The van der Waals surface area contributed by atoms with Gasteiger partial charge in [-0.05, 0) is 26.2 Å². The molecule has 19 heavy (non-hydrogen) atoms. The molecule has 0 aliphatic carbocycles. The average molecular weight is 267 g/mol.